The molecule has 2 nitrogen and oxygen atoms in total. The summed E-state index contributed by atoms with van der Waals surface area (Å²) in [4.78, 5) is 0. The average Bonchev–Trinajstić information content (AvgIpc) is 2.96. The molecule has 0 saturated heterocycles. The second-order valence-electron chi connectivity index (χ2n) is 9.65. The highest BCUT2D eigenvalue weighted by Gasteiger charge is 2.22. The summed E-state index contributed by atoms with van der Waals surface area (Å²) in [7, 11) is 0. The Labute approximate surface area is 213 Å². The molecule has 0 amide bonds. The first kappa shape index (κ1) is 20.1. The molecule has 7 aromatic rings. The third-order valence-corrected chi connectivity index (χ3v) is 7.64. The smallest absolute Gasteiger partial charge is 0.137 e. The molecule has 0 bridgehead atoms. The number of hydrogen-bond donors (Lipinski definition) is 0. The second kappa shape index (κ2) is 7.43. The van der Waals surface area contributed by atoms with Gasteiger partial charge in [0.1, 0.15) is 11.5 Å². The maximum atomic E-state index is 9.55. The molecule has 1 heterocycles. The third-order valence-electron chi connectivity index (χ3n) is 7.64. The zero-order valence-electron chi connectivity index (χ0n) is 19.8. The lowest BCUT2D eigenvalue weighted by atomic mass is 9.89. The van der Waals surface area contributed by atoms with Gasteiger partial charge in [-0.2, -0.15) is 5.26 Å². The van der Waals surface area contributed by atoms with E-state index in [9.17, 15) is 5.26 Å². The van der Waals surface area contributed by atoms with E-state index in [4.69, 9.17) is 4.74 Å². The lowest BCUT2D eigenvalue weighted by molar-refractivity contribution is 0.487. The number of fused-ring (bicyclic) bond motifs is 7. The summed E-state index contributed by atoms with van der Waals surface area (Å²) in [5.74, 6) is 1.55. The zero-order chi connectivity index (χ0) is 24.5. The normalized spacial score (nSPS) is 12.0. The SMILES string of the molecule is N#Cc1cc2c3c(cccc3c1)-c1ccc(-c3cc4c5ccccc5ccc4c4ccccc34)cc1O2. The van der Waals surface area contributed by atoms with Gasteiger partial charge >= 0.3 is 0 Å². The first-order chi connectivity index (χ1) is 18.3. The van der Waals surface area contributed by atoms with Crippen molar-refractivity contribution in [2.75, 3.05) is 0 Å². The Morgan fingerprint density at radius 3 is 2.16 bits per heavy atom. The summed E-state index contributed by atoms with van der Waals surface area (Å²) >= 11 is 0. The van der Waals surface area contributed by atoms with Gasteiger partial charge in [0.2, 0.25) is 0 Å². The van der Waals surface area contributed by atoms with Crippen molar-refractivity contribution >= 4 is 43.1 Å². The number of nitriles is 1. The Hall–Kier alpha value is -5.13. The minimum Gasteiger partial charge on any atom is -0.456 e. The highest BCUT2D eigenvalue weighted by molar-refractivity contribution is 6.21. The predicted molar refractivity (Wildman–Crippen MR) is 152 cm³/mol. The van der Waals surface area contributed by atoms with Crippen molar-refractivity contribution < 1.29 is 4.74 Å². The number of hydrogen-bond acceptors (Lipinski definition) is 2. The van der Waals surface area contributed by atoms with Crippen LogP contribution in [0.4, 0.5) is 0 Å². The Morgan fingerprint density at radius 2 is 1.27 bits per heavy atom. The van der Waals surface area contributed by atoms with Crippen molar-refractivity contribution in [3.63, 3.8) is 0 Å². The van der Waals surface area contributed by atoms with Gasteiger partial charge in [0.25, 0.3) is 0 Å². The lowest BCUT2D eigenvalue weighted by Crippen LogP contribution is -1.98. The quantitative estimate of drug-likeness (QED) is 0.224. The molecule has 2 heteroatoms. The molecule has 0 spiro atoms. The Bertz CT molecular complexity index is 2130. The minimum absolute atomic E-state index is 0.603. The van der Waals surface area contributed by atoms with Gasteiger partial charge in [-0.25, -0.2) is 0 Å². The molecule has 170 valence electrons. The van der Waals surface area contributed by atoms with E-state index < -0.39 is 0 Å². The van der Waals surface area contributed by atoms with Crippen molar-refractivity contribution in [3.8, 4) is 39.8 Å². The van der Waals surface area contributed by atoms with Crippen molar-refractivity contribution in [2.24, 2.45) is 0 Å². The molecule has 0 N–H and O–H groups in total. The number of benzene rings is 7. The van der Waals surface area contributed by atoms with Crippen LogP contribution < -0.4 is 4.74 Å². The van der Waals surface area contributed by atoms with Gasteiger partial charge < -0.3 is 4.74 Å². The summed E-state index contributed by atoms with van der Waals surface area (Å²) in [6.45, 7) is 0. The first-order valence-corrected chi connectivity index (χ1v) is 12.4. The van der Waals surface area contributed by atoms with Gasteiger partial charge in [-0.3, -0.25) is 0 Å². The van der Waals surface area contributed by atoms with Crippen LogP contribution in [0, 0.1) is 11.3 Å². The van der Waals surface area contributed by atoms with Crippen molar-refractivity contribution in [1.29, 1.82) is 5.26 Å². The van der Waals surface area contributed by atoms with Gasteiger partial charge in [-0.1, -0.05) is 84.9 Å². The van der Waals surface area contributed by atoms with Crippen molar-refractivity contribution in [2.45, 2.75) is 0 Å². The predicted octanol–water partition coefficient (Wildman–Crippen LogP) is 9.61. The van der Waals surface area contributed by atoms with E-state index >= 15 is 0 Å². The summed E-state index contributed by atoms with van der Waals surface area (Å²) in [6, 6.07) is 42.8. The maximum Gasteiger partial charge on any atom is 0.137 e. The lowest BCUT2D eigenvalue weighted by Gasteiger charge is -2.22. The third kappa shape index (κ3) is 2.86. The van der Waals surface area contributed by atoms with E-state index in [1.54, 1.807) is 0 Å². The highest BCUT2D eigenvalue weighted by atomic mass is 16.5. The van der Waals surface area contributed by atoms with Crippen molar-refractivity contribution in [1.82, 2.24) is 0 Å². The standard InChI is InChI=1S/C35H19NO/c36-20-21-16-24-7-5-11-30-29-15-13-23(18-33(29)37-34(17-21)35(24)30)31-19-32-25-8-2-1-6-22(25)12-14-28(32)26-9-3-4-10-27(26)31/h1-19H. The summed E-state index contributed by atoms with van der Waals surface area (Å²) in [6.07, 6.45) is 0. The maximum absolute atomic E-state index is 9.55. The van der Waals surface area contributed by atoms with Crippen LogP contribution in [-0.2, 0) is 0 Å². The molecule has 0 unspecified atom stereocenters. The van der Waals surface area contributed by atoms with Crippen LogP contribution >= 0.6 is 0 Å². The number of ether oxygens (including phenoxy) is 1. The molecule has 1 aliphatic rings. The fourth-order valence-electron chi connectivity index (χ4n) is 5.97. The first-order valence-electron chi connectivity index (χ1n) is 12.4. The van der Waals surface area contributed by atoms with E-state index in [0.717, 1.165) is 39.0 Å². The van der Waals surface area contributed by atoms with E-state index in [-0.39, 0.29) is 0 Å². The van der Waals surface area contributed by atoms with Crippen LogP contribution in [0.2, 0.25) is 0 Å². The Kier molecular flexibility index (Phi) is 4.04. The van der Waals surface area contributed by atoms with Gasteiger partial charge in [0.15, 0.2) is 0 Å². The van der Waals surface area contributed by atoms with Crippen LogP contribution in [-0.4, -0.2) is 0 Å². The molecule has 0 radical (unpaired) electrons. The molecule has 0 atom stereocenters. The van der Waals surface area contributed by atoms with Gasteiger partial charge in [-0.15, -0.1) is 0 Å². The fraction of sp³-hybridized carbons (Fsp3) is 0. The molecule has 8 rings (SSSR count). The summed E-state index contributed by atoms with van der Waals surface area (Å²) in [5.41, 5.74) is 5.10. The minimum atomic E-state index is 0.603. The van der Waals surface area contributed by atoms with Gasteiger partial charge in [0.05, 0.1) is 11.6 Å². The molecule has 37 heavy (non-hydrogen) atoms. The Balaban J connectivity index is 1.41. The Morgan fingerprint density at radius 1 is 0.486 bits per heavy atom. The van der Waals surface area contributed by atoms with Gasteiger partial charge in [-0.05, 0) is 84.7 Å². The van der Waals surface area contributed by atoms with Crippen molar-refractivity contribution in [3.05, 3.63) is 121 Å². The molecule has 0 aromatic heterocycles. The number of nitrogens with zero attached hydrogens (tertiary/aromatic N) is 1. The van der Waals surface area contributed by atoms with Crippen LogP contribution in [0.15, 0.2) is 115 Å². The molecule has 1 aliphatic heterocycles. The molecule has 0 saturated carbocycles. The van der Waals surface area contributed by atoms with E-state index in [1.165, 1.54) is 37.9 Å². The van der Waals surface area contributed by atoms with E-state index in [1.807, 2.05) is 24.3 Å². The molecule has 0 fully saturated rings. The average molecular weight is 470 g/mol. The highest BCUT2D eigenvalue weighted by Crippen LogP contribution is 2.48. The van der Waals surface area contributed by atoms with Crippen LogP contribution in [0.1, 0.15) is 5.56 Å². The van der Waals surface area contributed by atoms with Crippen LogP contribution in [0.25, 0.3) is 65.3 Å². The summed E-state index contributed by atoms with van der Waals surface area (Å²) < 4.78 is 6.47. The largest absolute Gasteiger partial charge is 0.456 e. The fourth-order valence-corrected chi connectivity index (χ4v) is 5.97. The van der Waals surface area contributed by atoms with Crippen LogP contribution in [0.5, 0.6) is 11.5 Å². The molecular weight excluding hydrogens is 450 g/mol. The summed E-state index contributed by atoms with van der Waals surface area (Å²) in [5, 5.41) is 19.1. The van der Waals surface area contributed by atoms with Gasteiger partial charge in [0, 0.05) is 10.9 Å². The molecule has 7 aromatic carbocycles. The van der Waals surface area contributed by atoms with E-state index in [0.29, 0.717) is 5.56 Å². The molecule has 0 aliphatic carbocycles. The molecular formula is C35H19NO. The number of rotatable bonds is 1. The van der Waals surface area contributed by atoms with Crippen LogP contribution in [0.3, 0.4) is 0 Å². The monoisotopic (exact) mass is 469 g/mol. The second-order valence-corrected chi connectivity index (χ2v) is 9.65. The topological polar surface area (TPSA) is 33.0 Å². The zero-order valence-corrected chi connectivity index (χ0v) is 19.8. The van der Waals surface area contributed by atoms with E-state index in [2.05, 4.69) is 97.1 Å².